The van der Waals surface area contributed by atoms with Gasteiger partial charge in [-0.2, -0.15) is 0 Å². The lowest BCUT2D eigenvalue weighted by atomic mass is 10.1. The van der Waals surface area contributed by atoms with Crippen molar-refractivity contribution in [3.05, 3.63) is 29.3 Å². The van der Waals surface area contributed by atoms with Crippen LogP contribution in [0, 0.1) is 6.92 Å². The third-order valence-electron chi connectivity index (χ3n) is 2.34. The van der Waals surface area contributed by atoms with Gasteiger partial charge in [0.25, 0.3) is 0 Å². The van der Waals surface area contributed by atoms with Crippen LogP contribution in [-0.4, -0.2) is 18.3 Å². The molecule has 1 aromatic rings. The summed E-state index contributed by atoms with van der Waals surface area (Å²) >= 11 is 0. The highest BCUT2D eigenvalue weighted by Gasteiger charge is 2.03. The lowest BCUT2D eigenvalue weighted by Crippen LogP contribution is -2.17. The van der Waals surface area contributed by atoms with Gasteiger partial charge in [-0.05, 0) is 50.1 Å². The normalized spacial score (nSPS) is 10.3. The summed E-state index contributed by atoms with van der Waals surface area (Å²) in [4.78, 5) is 0. The van der Waals surface area contributed by atoms with Gasteiger partial charge < -0.3 is 5.73 Å². The quantitative estimate of drug-likeness (QED) is 0.717. The second kappa shape index (κ2) is 4.98. The Hall–Kier alpha value is -1.06. The predicted octanol–water partition coefficient (Wildman–Crippen LogP) is 1.71. The molecule has 1 rings (SSSR count). The fourth-order valence-electron chi connectivity index (χ4n) is 1.46. The first kappa shape index (κ1) is 11.0. The summed E-state index contributed by atoms with van der Waals surface area (Å²) in [5.74, 6) is 0. The van der Waals surface area contributed by atoms with Gasteiger partial charge in [-0.1, -0.05) is 6.07 Å². The smallest absolute Gasteiger partial charge is 0.0636 e. The minimum absolute atomic E-state index is 0.593. The maximum atomic E-state index is 9.48. The number of anilines is 1. The first-order valence-corrected chi connectivity index (χ1v) is 4.95. The van der Waals surface area contributed by atoms with Gasteiger partial charge in [-0.3, -0.25) is 10.3 Å². The van der Waals surface area contributed by atoms with Crippen molar-refractivity contribution in [1.29, 1.82) is 0 Å². The molecule has 0 aliphatic rings. The van der Waals surface area contributed by atoms with Crippen molar-refractivity contribution in [3.63, 3.8) is 0 Å². The van der Waals surface area contributed by atoms with Crippen LogP contribution in [0.1, 0.15) is 18.1 Å². The average Bonchev–Trinajstić information content (AvgIpc) is 2.20. The summed E-state index contributed by atoms with van der Waals surface area (Å²) in [6.07, 6.45) is 0.893. The van der Waals surface area contributed by atoms with Crippen molar-refractivity contribution >= 4 is 5.69 Å². The topological polar surface area (TPSA) is 49.5 Å². The van der Waals surface area contributed by atoms with Crippen molar-refractivity contribution in [3.8, 4) is 0 Å². The summed E-state index contributed by atoms with van der Waals surface area (Å²) in [7, 11) is 0. The van der Waals surface area contributed by atoms with E-state index in [1.165, 1.54) is 16.2 Å². The lowest BCUT2D eigenvalue weighted by Gasteiger charge is -2.16. The number of benzene rings is 1. The largest absolute Gasteiger partial charge is 0.330 e. The van der Waals surface area contributed by atoms with Crippen LogP contribution in [0.25, 0.3) is 0 Å². The van der Waals surface area contributed by atoms with Crippen LogP contribution in [0.4, 0.5) is 5.69 Å². The van der Waals surface area contributed by atoms with Crippen LogP contribution in [0.15, 0.2) is 18.2 Å². The van der Waals surface area contributed by atoms with E-state index in [0.29, 0.717) is 13.1 Å². The van der Waals surface area contributed by atoms with E-state index in [9.17, 15) is 5.21 Å². The van der Waals surface area contributed by atoms with Crippen LogP contribution in [-0.2, 0) is 6.42 Å². The Morgan fingerprint density at radius 3 is 2.64 bits per heavy atom. The van der Waals surface area contributed by atoms with Crippen molar-refractivity contribution < 1.29 is 5.21 Å². The van der Waals surface area contributed by atoms with Gasteiger partial charge in [0.2, 0.25) is 0 Å². The molecule has 0 fully saturated rings. The third-order valence-corrected chi connectivity index (χ3v) is 2.34. The summed E-state index contributed by atoms with van der Waals surface area (Å²) in [5.41, 5.74) is 8.76. The summed E-state index contributed by atoms with van der Waals surface area (Å²) in [5, 5.41) is 10.7. The summed E-state index contributed by atoms with van der Waals surface area (Å²) in [6, 6.07) is 5.92. The molecule has 3 N–H and O–H groups in total. The first-order chi connectivity index (χ1) is 6.69. The van der Waals surface area contributed by atoms with Gasteiger partial charge >= 0.3 is 0 Å². The predicted molar refractivity (Wildman–Crippen MR) is 58.7 cm³/mol. The van der Waals surface area contributed by atoms with Crippen molar-refractivity contribution in [1.82, 2.24) is 0 Å². The maximum absolute atomic E-state index is 9.48. The molecule has 0 radical (unpaired) electrons. The van der Waals surface area contributed by atoms with Crippen LogP contribution >= 0.6 is 0 Å². The minimum Gasteiger partial charge on any atom is -0.330 e. The summed E-state index contributed by atoms with van der Waals surface area (Å²) in [6.45, 7) is 5.20. The number of aryl methyl sites for hydroxylation is 1. The van der Waals surface area contributed by atoms with E-state index in [-0.39, 0.29) is 0 Å². The Balaban J connectivity index is 2.88. The SMILES string of the molecule is CCN(O)c1ccc(CCN)c(C)c1. The standard InChI is InChI=1S/C11H18N2O/c1-3-13(14)11-5-4-10(6-7-12)9(2)8-11/h4-5,8,14H,3,6-7,12H2,1-2H3. The zero-order valence-electron chi connectivity index (χ0n) is 8.83. The lowest BCUT2D eigenvalue weighted by molar-refractivity contribution is 0.260. The Labute approximate surface area is 85.1 Å². The first-order valence-electron chi connectivity index (χ1n) is 4.95. The van der Waals surface area contributed by atoms with Crippen LogP contribution in [0.2, 0.25) is 0 Å². The van der Waals surface area contributed by atoms with Gasteiger partial charge in [-0.25, -0.2) is 0 Å². The van der Waals surface area contributed by atoms with E-state index in [0.717, 1.165) is 12.1 Å². The zero-order chi connectivity index (χ0) is 10.6. The van der Waals surface area contributed by atoms with Gasteiger partial charge in [0, 0.05) is 6.54 Å². The Morgan fingerprint density at radius 1 is 1.43 bits per heavy atom. The highest BCUT2D eigenvalue weighted by atomic mass is 16.5. The molecule has 0 atom stereocenters. The highest BCUT2D eigenvalue weighted by Crippen LogP contribution is 2.17. The van der Waals surface area contributed by atoms with E-state index < -0.39 is 0 Å². The molecule has 14 heavy (non-hydrogen) atoms. The van der Waals surface area contributed by atoms with E-state index in [2.05, 4.69) is 0 Å². The minimum atomic E-state index is 0.593. The molecule has 3 heteroatoms. The molecule has 0 aliphatic heterocycles. The molecule has 0 heterocycles. The van der Waals surface area contributed by atoms with E-state index in [1.54, 1.807) is 0 Å². The monoisotopic (exact) mass is 194 g/mol. The maximum Gasteiger partial charge on any atom is 0.0636 e. The fourth-order valence-corrected chi connectivity index (χ4v) is 1.46. The number of nitrogens with two attached hydrogens (primary N) is 1. The number of nitrogens with zero attached hydrogens (tertiary/aromatic N) is 1. The molecule has 0 aliphatic carbocycles. The van der Waals surface area contributed by atoms with Crippen molar-refractivity contribution in [2.45, 2.75) is 20.3 Å². The Bertz CT molecular complexity index is 299. The van der Waals surface area contributed by atoms with Gasteiger partial charge in [0.1, 0.15) is 0 Å². The Morgan fingerprint density at radius 2 is 2.14 bits per heavy atom. The molecule has 0 aromatic heterocycles. The van der Waals surface area contributed by atoms with E-state index in [1.807, 2.05) is 32.0 Å². The number of hydroxylamine groups is 1. The van der Waals surface area contributed by atoms with E-state index >= 15 is 0 Å². The average molecular weight is 194 g/mol. The number of hydrogen-bond donors (Lipinski definition) is 2. The molecule has 0 saturated heterocycles. The van der Waals surface area contributed by atoms with Gasteiger partial charge in [0.15, 0.2) is 0 Å². The fraction of sp³-hybridized carbons (Fsp3) is 0.455. The number of hydrogen-bond acceptors (Lipinski definition) is 3. The van der Waals surface area contributed by atoms with Gasteiger partial charge in [-0.15, -0.1) is 0 Å². The molecule has 0 spiro atoms. The van der Waals surface area contributed by atoms with Crippen molar-refractivity contribution in [2.24, 2.45) is 5.73 Å². The van der Waals surface area contributed by atoms with Crippen LogP contribution in [0.3, 0.4) is 0 Å². The van der Waals surface area contributed by atoms with Crippen molar-refractivity contribution in [2.75, 3.05) is 18.2 Å². The number of rotatable bonds is 4. The second-order valence-corrected chi connectivity index (χ2v) is 3.37. The molecule has 0 unspecified atom stereocenters. The van der Waals surface area contributed by atoms with Crippen LogP contribution in [0.5, 0.6) is 0 Å². The second-order valence-electron chi connectivity index (χ2n) is 3.37. The highest BCUT2D eigenvalue weighted by molar-refractivity contribution is 5.48. The Kier molecular flexibility index (Phi) is 3.92. The van der Waals surface area contributed by atoms with Crippen LogP contribution < -0.4 is 10.8 Å². The zero-order valence-corrected chi connectivity index (χ0v) is 8.83. The molecule has 0 bridgehead atoms. The molecular formula is C11H18N2O. The summed E-state index contributed by atoms with van der Waals surface area (Å²) < 4.78 is 0. The van der Waals surface area contributed by atoms with E-state index in [4.69, 9.17) is 5.73 Å². The molecule has 0 saturated carbocycles. The third kappa shape index (κ3) is 2.47. The molecule has 1 aromatic carbocycles. The molecule has 78 valence electrons. The molecular weight excluding hydrogens is 176 g/mol. The van der Waals surface area contributed by atoms with Gasteiger partial charge in [0.05, 0.1) is 5.69 Å². The molecule has 3 nitrogen and oxygen atoms in total. The molecule has 0 amide bonds.